The van der Waals surface area contributed by atoms with Gasteiger partial charge < -0.3 is 9.64 Å². The highest BCUT2D eigenvalue weighted by Crippen LogP contribution is 2.30. The molecule has 0 bridgehead atoms. The predicted molar refractivity (Wildman–Crippen MR) is 71.6 cm³/mol. The molecular formula is C14H20N2O2. The molecular weight excluding hydrogens is 228 g/mol. The molecule has 1 N–H and O–H groups in total. The van der Waals surface area contributed by atoms with Crippen LogP contribution in [0, 0.1) is 0 Å². The van der Waals surface area contributed by atoms with Crippen LogP contribution in [0.15, 0.2) is 24.3 Å². The van der Waals surface area contributed by atoms with Crippen molar-refractivity contribution in [3.05, 3.63) is 29.8 Å². The maximum absolute atomic E-state index is 11.3. The fourth-order valence-electron chi connectivity index (χ4n) is 2.25. The van der Waals surface area contributed by atoms with Gasteiger partial charge in [0.15, 0.2) is 12.0 Å². The van der Waals surface area contributed by atoms with Gasteiger partial charge in [0.2, 0.25) is 0 Å². The molecule has 98 valence electrons. The number of hydrogen-bond donors (Lipinski definition) is 1. The van der Waals surface area contributed by atoms with E-state index in [2.05, 4.69) is 24.4 Å². The molecule has 1 fully saturated rings. The van der Waals surface area contributed by atoms with Gasteiger partial charge in [-0.1, -0.05) is 19.1 Å². The molecule has 1 heterocycles. The van der Waals surface area contributed by atoms with E-state index in [-0.39, 0.29) is 6.23 Å². The van der Waals surface area contributed by atoms with Gasteiger partial charge in [0, 0.05) is 5.69 Å². The van der Waals surface area contributed by atoms with E-state index in [1.54, 1.807) is 6.92 Å². The highest BCUT2D eigenvalue weighted by molar-refractivity contribution is 5.70. The van der Waals surface area contributed by atoms with Gasteiger partial charge in [0.25, 0.3) is 0 Å². The largest absolute Gasteiger partial charge is 0.334 e. The lowest BCUT2D eigenvalue weighted by Gasteiger charge is -2.30. The Morgan fingerprint density at radius 2 is 2.17 bits per heavy atom. The number of nitrogens with zero attached hydrogens (tertiary/aromatic N) is 1. The smallest absolute Gasteiger partial charge is 0.196 e. The Bertz CT molecular complexity index is 418. The van der Waals surface area contributed by atoms with Gasteiger partial charge >= 0.3 is 0 Å². The second kappa shape index (κ2) is 5.08. The van der Waals surface area contributed by atoms with Crippen LogP contribution in [0.3, 0.4) is 0 Å². The highest BCUT2D eigenvalue weighted by atomic mass is 16.6. The molecule has 1 aromatic rings. The molecule has 1 aliphatic rings. The lowest BCUT2D eigenvalue weighted by atomic mass is 10.1. The van der Waals surface area contributed by atoms with Crippen molar-refractivity contribution in [1.29, 1.82) is 0 Å². The first-order valence-electron chi connectivity index (χ1n) is 6.31. The highest BCUT2D eigenvalue weighted by Gasteiger charge is 2.42. The maximum Gasteiger partial charge on any atom is 0.196 e. The maximum atomic E-state index is 11.3. The number of benzene rings is 1. The standard InChI is InChI=1S/C14H20N2O2/c1-4-11-5-7-12(8-6-11)16-9-13(15-3)18-14(16,2)10-17/h5-8,10,13,15H,4,9H2,1-3H3. The number of aryl methyl sites for hydroxylation is 1. The molecule has 0 saturated carbocycles. The number of anilines is 1. The van der Waals surface area contributed by atoms with Crippen LogP contribution in [-0.4, -0.2) is 31.8 Å². The first-order valence-corrected chi connectivity index (χ1v) is 6.31. The van der Waals surface area contributed by atoms with Crippen LogP contribution in [0.5, 0.6) is 0 Å². The molecule has 4 nitrogen and oxygen atoms in total. The van der Waals surface area contributed by atoms with E-state index in [1.807, 2.05) is 24.1 Å². The van der Waals surface area contributed by atoms with Crippen LogP contribution >= 0.6 is 0 Å². The molecule has 0 amide bonds. The molecule has 1 saturated heterocycles. The zero-order valence-electron chi connectivity index (χ0n) is 11.1. The van der Waals surface area contributed by atoms with E-state index >= 15 is 0 Å². The van der Waals surface area contributed by atoms with Crippen molar-refractivity contribution in [2.45, 2.75) is 32.2 Å². The number of carbonyl (C=O) groups is 1. The zero-order valence-corrected chi connectivity index (χ0v) is 11.1. The summed E-state index contributed by atoms with van der Waals surface area (Å²) in [5.74, 6) is 0. The molecule has 2 rings (SSSR count). The second-order valence-corrected chi connectivity index (χ2v) is 4.70. The van der Waals surface area contributed by atoms with E-state index in [0.717, 1.165) is 18.4 Å². The fraction of sp³-hybridized carbons (Fsp3) is 0.500. The van der Waals surface area contributed by atoms with Crippen LogP contribution in [0.4, 0.5) is 5.69 Å². The number of aldehydes is 1. The summed E-state index contributed by atoms with van der Waals surface area (Å²) in [7, 11) is 1.83. The second-order valence-electron chi connectivity index (χ2n) is 4.70. The average Bonchev–Trinajstić information content (AvgIpc) is 2.77. The van der Waals surface area contributed by atoms with Gasteiger partial charge in [0.1, 0.15) is 6.23 Å². The van der Waals surface area contributed by atoms with Crippen LogP contribution in [0.1, 0.15) is 19.4 Å². The van der Waals surface area contributed by atoms with Crippen molar-refractivity contribution >= 4 is 12.0 Å². The number of rotatable bonds is 4. The Morgan fingerprint density at radius 1 is 1.50 bits per heavy atom. The summed E-state index contributed by atoms with van der Waals surface area (Å²) in [6.45, 7) is 4.59. The predicted octanol–water partition coefficient (Wildman–Crippen LogP) is 1.55. The van der Waals surface area contributed by atoms with Crippen molar-refractivity contribution in [2.24, 2.45) is 0 Å². The van der Waals surface area contributed by atoms with Crippen molar-refractivity contribution in [2.75, 3.05) is 18.5 Å². The van der Waals surface area contributed by atoms with Crippen LogP contribution in [-0.2, 0) is 16.0 Å². The number of likely N-dealkylation sites (N-methyl/N-ethyl adjacent to an activating group) is 1. The van der Waals surface area contributed by atoms with Gasteiger partial charge in [0.05, 0.1) is 6.54 Å². The molecule has 2 unspecified atom stereocenters. The summed E-state index contributed by atoms with van der Waals surface area (Å²) in [4.78, 5) is 13.3. The topological polar surface area (TPSA) is 41.6 Å². The average molecular weight is 248 g/mol. The normalized spacial score (nSPS) is 27.5. The first-order chi connectivity index (χ1) is 8.62. The monoisotopic (exact) mass is 248 g/mol. The fourth-order valence-corrected chi connectivity index (χ4v) is 2.25. The molecule has 0 aliphatic carbocycles. The molecule has 0 aromatic heterocycles. The van der Waals surface area contributed by atoms with Gasteiger partial charge in [-0.3, -0.25) is 10.1 Å². The lowest BCUT2D eigenvalue weighted by Crippen LogP contribution is -2.43. The van der Waals surface area contributed by atoms with Crippen LogP contribution in [0.25, 0.3) is 0 Å². The summed E-state index contributed by atoms with van der Waals surface area (Å²) < 4.78 is 5.72. The summed E-state index contributed by atoms with van der Waals surface area (Å²) >= 11 is 0. The quantitative estimate of drug-likeness (QED) is 0.821. The third-order valence-electron chi connectivity index (χ3n) is 3.46. The summed E-state index contributed by atoms with van der Waals surface area (Å²) in [5.41, 5.74) is 1.41. The van der Waals surface area contributed by atoms with Gasteiger partial charge in [-0.2, -0.15) is 0 Å². The Labute approximate surface area is 108 Å². The van der Waals surface area contributed by atoms with Crippen molar-refractivity contribution in [3.8, 4) is 0 Å². The molecule has 4 heteroatoms. The number of ether oxygens (including phenoxy) is 1. The SMILES string of the molecule is CCc1ccc(N2CC(NC)OC2(C)C=O)cc1. The van der Waals surface area contributed by atoms with Crippen molar-refractivity contribution in [1.82, 2.24) is 5.32 Å². The van der Waals surface area contributed by atoms with E-state index in [0.29, 0.717) is 6.54 Å². The Hall–Kier alpha value is -1.39. The third-order valence-corrected chi connectivity index (χ3v) is 3.46. The van der Waals surface area contributed by atoms with Crippen LogP contribution < -0.4 is 10.2 Å². The third kappa shape index (κ3) is 2.26. The van der Waals surface area contributed by atoms with Crippen molar-refractivity contribution < 1.29 is 9.53 Å². The van der Waals surface area contributed by atoms with E-state index in [1.165, 1.54) is 5.56 Å². The minimum absolute atomic E-state index is 0.119. The van der Waals surface area contributed by atoms with E-state index in [9.17, 15) is 4.79 Å². The minimum Gasteiger partial charge on any atom is -0.334 e. The summed E-state index contributed by atoms with van der Waals surface area (Å²) in [5, 5.41) is 3.05. The number of hydrogen-bond acceptors (Lipinski definition) is 4. The molecule has 18 heavy (non-hydrogen) atoms. The Kier molecular flexibility index (Phi) is 3.68. The summed E-state index contributed by atoms with van der Waals surface area (Å²) in [6, 6.07) is 8.27. The van der Waals surface area contributed by atoms with Gasteiger partial charge in [-0.25, -0.2) is 0 Å². The number of carbonyl (C=O) groups excluding carboxylic acids is 1. The first kappa shape index (κ1) is 13.1. The molecule has 0 radical (unpaired) electrons. The van der Waals surface area contributed by atoms with Crippen LogP contribution in [0.2, 0.25) is 0 Å². The molecule has 0 spiro atoms. The zero-order chi connectivity index (χ0) is 13.2. The summed E-state index contributed by atoms with van der Waals surface area (Å²) in [6.07, 6.45) is 1.75. The Balaban J connectivity index is 2.27. The molecule has 1 aromatic carbocycles. The Morgan fingerprint density at radius 3 is 2.67 bits per heavy atom. The molecule has 2 atom stereocenters. The van der Waals surface area contributed by atoms with Gasteiger partial charge in [-0.05, 0) is 38.1 Å². The minimum atomic E-state index is -0.887. The van der Waals surface area contributed by atoms with E-state index in [4.69, 9.17) is 4.74 Å². The van der Waals surface area contributed by atoms with Gasteiger partial charge in [-0.15, -0.1) is 0 Å². The van der Waals surface area contributed by atoms with E-state index < -0.39 is 5.72 Å². The molecule has 1 aliphatic heterocycles. The van der Waals surface area contributed by atoms with Crippen molar-refractivity contribution in [3.63, 3.8) is 0 Å². The lowest BCUT2D eigenvalue weighted by molar-refractivity contribution is -0.128. The number of nitrogens with one attached hydrogen (secondary N) is 1.